The molecule has 2 aromatic rings. The average molecular weight is 329 g/mol. The Hall–Kier alpha value is -2.11. The third-order valence-corrected chi connectivity index (χ3v) is 4.98. The minimum Gasteiger partial charge on any atom is -0.335 e. The third-order valence-electron chi connectivity index (χ3n) is 4.98. The molecule has 1 aliphatic heterocycles. The van der Waals surface area contributed by atoms with Crippen LogP contribution in [-0.2, 0) is 12.5 Å². The van der Waals surface area contributed by atoms with Crippen LogP contribution in [0.5, 0.6) is 0 Å². The molecule has 0 aromatic carbocycles. The second kappa shape index (κ2) is 6.07. The number of carbonyl (C=O) groups excluding carboxylic acids is 1. The minimum atomic E-state index is -0.0634. The first-order chi connectivity index (χ1) is 11.3. The molecule has 1 amide bonds. The maximum atomic E-state index is 13.0. The zero-order valence-electron chi connectivity index (χ0n) is 15.2. The molecule has 3 heterocycles. The molecule has 2 unspecified atom stereocenters. The van der Waals surface area contributed by atoms with E-state index in [0.717, 1.165) is 18.7 Å². The summed E-state index contributed by atoms with van der Waals surface area (Å²) in [6, 6.07) is 2.22. The fourth-order valence-corrected chi connectivity index (χ4v) is 3.28. The zero-order valence-corrected chi connectivity index (χ0v) is 15.2. The number of aryl methyl sites for hydroxylation is 1. The van der Waals surface area contributed by atoms with Crippen LogP contribution in [0.2, 0.25) is 0 Å². The smallest absolute Gasteiger partial charge is 0.272 e. The van der Waals surface area contributed by atoms with Crippen LogP contribution in [0, 0.1) is 5.92 Å². The maximum absolute atomic E-state index is 13.0. The van der Waals surface area contributed by atoms with Gasteiger partial charge >= 0.3 is 0 Å². The van der Waals surface area contributed by atoms with Crippen molar-refractivity contribution in [3.05, 3.63) is 36.2 Å². The predicted molar refractivity (Wildman–Crippen MR) is 92.9 cm³/mol. The van der Waals surface area contributed by atoms with E-state index in [2.05, 4.69) is 42.3 Å². The molecule has 1 aliphatic rings. The second-order valence-corrected chi connectivity index (χ2v) is 7.88. The number of likely N-dealkylation sites (tertiary alicyclic amines) is 1. The topological polar surface area (TPSA) is 56.0 Å². The van der Waals surface area contributed by atoms with Gasteiger partial charge in [-0.2, -0.15) is 5.10 Å². The van der Waals surface area contributed by atoms with Gasteiger partial charge in [0.25, 0.3) is 5.91 Å². The molecule has 6 heteroatoms. The quantitative estimate of drug-likeness (QED) is 0.851. The van der Waals surface area contributed by atoms with E-state index in [-0.39, 0.29) is 17.4 Å². The number of amides is 1. The first kappa shape index (κ1) is 16.7. The van der Waals surface area contributed by atoms with E-state index in [4.69, 9.17) is 0 Å². The van der Waals surface area contributed by atoms with Crippen molar-refractivity contribution in [1.29, 1.82) is 0 Å². The summed E-state index contributed by atoms with van der Waals surface area (Å²) < 4.78 is 3.83. The largest absolute Gasteiger partial charge is 0.335 e. The van der Waals surface area contributed by atoms with E-state index in [1.54, 1.807) is 10.9 Å². The van der Waals surface area contributed by atoms with Crippen LogP contribution in [-0.4, -0.2) is 43.2 Å². The number of nitrogens with zero attached hydrogens (tertiary/aromatic N) is 5. The van der Waals surface area contributed by atoms with Crippen LogP contribution in [0.3, 0.4) is 0 Å². The number of hydrogen-bond acceptors (Lipinski definition) is 3. The fraction of sp³-hybridized carbons (Fsp3) is 0.611. The Morgan fingerprint density at radius 2 is 2.08 bits per heavy atom. The van der Waals surface area contributed by atoms with Crippen LogP contribution in [0.1, 0.15) is 56.3 Å². The van der Waals surface area contributed by atoms with Gasteiger partial charge in [0.2, 0.25) is 0 Å². The Balaban J connectivity index is 1.81. The first-order valence-corrected chi connectivity index (χ1v) is 8.58. The van der Waals surface area contributed by atoms with Crippen LogP contribution >= 0.6 is 0 Å². The molecule has 0 aliphatic carbocycles. The molecule has 24 heavy (non-hydrogen) atoms. The standard InChI is InChI=1S/C18H27N5O/c1-13-6-8-22(11-15(13)23-9-7-19-12-23)17(24)14-10-16(18(2,3)4)20-21(14)5/h7,9-10,12-13,15H,6,8,11H2,1-5H3. The van der Waals surface area contributed by atoms with Gasteiger partial charge in [0, 0.05) is 37.9 Å². The van der Waals surface area contributed by atoms with Gasteiger partial charge in [-0.05, 0) is 18.4 Å². The third kappa shape index (κ3) is 3.09. The van der Waals surface area contributed by atoms with Crippen LogP contribution in [0.25, 0.3) is 0 Å². The van der Waals surface area contributed by atoms with E-state index in [1.807, 2.05) is 30.5 Å². The van der Waals surface area contributed by atoms with Gasteiger partial charge in [-0.1, -0.05) is 27.7 Å². The van der Waals surface area contributed by atoms with Gasteiger partial charge in [-0.3, -0.25) is 9.48 Å². The molecule has 0 radical (unpaired) electrons. The number of carbonyl (C=O) groups is 1. The monoisotopic (exact) mass is 329 g/mol. The highest BCUT2D eigenvalue weighted by Gasteiger charge is 2.32. The van der Waals surface area contributed by atoms with Gasteiger partial charge in [-0.15, -0.1) is 0 Å². The van der Waals surface area contributed by atoms with Crippen molar-refractivity contribution < 1.29 is 4.79 Å². The minimum absolute atomic E-state index is 0.0634. The lowest BCUT2D eigenvalue weighted by atomic mass is 9.91. The number of rotatable bonds is 2. The van der Waals surface area contributed by atoms with Crippen molar-refractivity contribution >= 4 is 5.91 Å². The van der Waals surface area contributed by atoms with Crippen molar-refractivity contribution in [2.45, 2.75) is 45.6 Å². The summed E-state index contributed by atoms with van der Waals surface area (Å²) in [6.45, 7) is 10.1. The molecule has 0 spiro atoms. The van der Waals surface area contributed by atoms with Crippen LogP contribution < -0.4 is 0 Å². The summed E-state index contributed by atoms with van der Waals surface area (Å²) in [4.78, 5) is 19.1. The van der Waals surface area contributed by atoms with Crippen molar-refractivity contribution in [1.82, 2.24) is 24.2 Å². The summed E-state index contributed by atoms with van der Waals surface area (Å²) in [7, 11) is 1.85. The lowest BCUT2D eigenvalue weighted by Gasteiger charge is -2.37. The normalized spacial score (nSPS) is 22.0. The molecule has 3 rings (SSSR count). The zero-order chi connectivity index (χ0) is 17.5. The number of imidazole rings is 1. The molecular weight excluding hydrogens is 302 g/mol. The van der Waals surface area contributed by atoms with E-state index in [0.29, 0.717) is 18.2 Å². The lowest BCUT2D eigenvalue weighted by molar-refractivity contribution is 0.0610. The van der Waals surface area contributed by atoms with E-state index in [9.17, 15) is 4.79 Å². The fourth-order valence-electron chi connectivity index (χ4n) is 3.28. The highest BCUT2D eigenvalue weighted by atomic mass is 16.2. The number of hydrogen-bond donors (Lipinski definition) is 0. The maximum Gasteiger partial charge on any atom is 0.272 e. The molecular formula is C18H27N5O. The first-order valence-electron chi connectivity index (χ1n) is 8.58. The van der Waals surface area contributed by atoms with Crippen molar-refractivity contribution in [3.63, 3.8) is 0 Å². The Labute approximate surface area is 143 Å². The highest BCUT2D eigenvalue weighted by molar-refractivity contribution is 5.92. The Bertz CT molecular complexity index is 710. The molecule has 0 N–H and O–H groups in total. The highest BCUT2D eigenvalue weighted by Crippen LogP contribution is 2.29. The second-order valence-electron chi connectivity index (χ2n) is 7.88. The van der Waals surface area contributed by atoms with Gasteiger partial charge in [0.05, 0.1) is 18.1 Å². The Kier molecular flexibility index (Phi) is 4.24. The van der Waals surface area contributed by atoms with E-state index in [1.165, 1.54) is 0 Å². The summed E-state index contributed by atoms with van der Waals surface area (Å²) in [5.74, 6) is 0.595. The van der Waals surface area contributed by atoms with Crippen LogP contribution in [0.4, 0.5) is 0 Å². The molecule has 1 fully saturated rings. The summed E-state index contributed by atoms with van der Waals surface area (Å²) in [6.07, 6.45) is 6.62. The van der Waals surface area contributed by atoms with Gasteiger partial charge < -0.3 is 9.47 Å². The van der Waals surface area contributed by atoms with E-state index >= 15 is 0 Å². The van der Waals surface area contributed by atoms with Crippen LogP contribution in [0.15, 0.2) is 24.8 Å². The molecule has 130 valence electrons. The van der Waals surface area contributed by atoms with Crippen molar-refractivity contribution in [2.75, 3.05) is 13.1 Å². The van der Waals surface area contributed by atoms with Gasteiger partial charge in [0.1, 0.15) is 5.69 Å². The number of aromatic nitrogens is 4. The van der Waals surface area contributed by atoms with Crippen molar-refractivity contribution in [2.24, 2.45) is 13.0 Å². The van der Waals surface area contributed by atoms with Gasteiger partial charge in [0.15, 0.2) is 0 Å². The van der Waals surface area contributed by atoms with Crippen molar-refractivity contribution in [3.8, 4) is 0 Å². The molecule has 2 atom stereocenters. The SMILES string of the molecule is CC1CCN(C(=O)c2cc(C(C)(C)C)nn2C)CC1n1ccnc1. The molecule has 0 bridgehead atoms. The molecule has 2 aromatic heterocycles. The Morgan fingerprint density at radius 3 is 2.67 bits per heavy atom. The summed E-state index contributed by atoms with van der Waals surface area (Å²) in [5.41, 5.74) is 1.55. The van der Waals surface area contributed by atoms with E-state index < -0.39 is 0 Å². The number of piperidine rings is 1. The molecule has 1 saturated heterocycles. The summed E-state index contributed by atoms with van der Waals surface area (Å²) >= 11 is 0. The lowest BCUT2D eigenvalue weighted by Crippen LogP contribution is -2.44. The average Bonchev–Trinajstić information content (AvgIpc) is 3.16. The predicted octanol–water partition coefficient (Wildman–Crippen LogP) is 2.64. The molecule has 6 nitrogen and oxygen atoms in total. The Morgan fingerprint density at radius 1 is 1.33 bits per heavy atom. The van der Waals surface area contributed by atoms with Gasteiger partial charge in [-0.25, -0.2) is 4.98 Å². The summed E-state index contributed by atoms with van der Waals surface area (Å²) in [5, 5.41) is 4.54. The molecule has 0 saturated carbocycles.